The number of allylic oxidation sites excluding steroid dienone is 2. The van der Waals surface area contributed by atoms with Gasteiger partial charge in [-0.2, -0.15) is 0 Å². The standard InChI is InChI=1S/C20H16Cl2IN3O3S/c1-10(4-17-24(2)13-6-11(21)12(22)7-14(13)25(17)3)5-18-26(9-19(27)28)15-8-16(23)30-20(15)29-18/h4-8H,9H2,1-3H3/p+1. The average Bonchev–Trinajstić information content (AvgIpc) is 3.23. The van der Waals surface area contributed by atoms with E-state index in [1.807, 2.05) is 61.2 Å². The van der Waals surface area contributed by atoms with Crippen LogP contribution in [0, 0.1) is 2.88 Å². The highest BCUT2D eigenvalue weighted by molar-refractivity contribution is 14.1. The molecule has 156 valence electrons. The van der Waals surface area contributed by atoms with Crippen LogP contribution in [-0.4, -0.2) is 25.2 Å². The number of rotatable bonds is 4. The van der Waals surface area contributed by atoms with Crippen molar-refractivity contribution < 1.29 is 18.9 Å². The highest BCUT2D eigenvalue weighted by Gasteiger charge is 2.28. The Bertz CT molecular complexity index is 1210. The zero-order valence-corrected chi connectivity index (χ0v) is 20.7. The topological polar surface area (TPSA) is 60.8 Å². The number of hydrogen-bond acceptors (Lipinski definition) is 5. The van der Waals surface area contributed by atoms with Crippen LogP contribution in [0.4, 0.5) is 11.4 Å². The summed E-state index contributed by atoms with van der Waals surface area (Å²) in [5, 5.41) is 10.3. The second-order valence-corrected chi connectivity index (χ2v) is 10.6. The molecule has 0 bridgehead atoms. The number of oxazole rings is 1. The first-order valence-corrected chi connectivity index (χ1v) is 11.5. The first kappa shape index (κ1) is 21.5. The van der Waals surface area contributed by atoms with E-state index in [4.69, 9.17) is 27.6 Å². The van der Waals surface area contributed by atoms with Gasteiger partial charge in [-0.1, -0.05) is 34.5 Å². The SMILES string of the molecule is C/C(C=C1N(C)c2cc(Cl)c(Cl)cc2N1C)=C\c1oc2sc(I)cc2[n+]1CC(=O)O. The molecule has 0 aliphatic carbocycles. The summed E-state index contributed by atoms with van der Waals surface area (Å²) in [5.41, 5.74) is 3.61. The maximum Gasteiger partial charge on any atom is 0.375 e. The Hall–Kier alpha value is -1.75. The average molecular weight is 577 g/mol. The summed E-state index contributed by atoms with van der Waals surface area (Å²) in [6.45, 7) is 1.78. The van der Waals surface area contributed by atoms with E-state index < -0.39 is 5.97 Å². The lowest BCUT2D eigenvalue weighted by Crippen LogP contribution is -2.39. The minimum absolute atomic E-state index is 0.169. The van der Waals surface area contributed by atoms with Crippen molar-refractivity contribution in [1.82, 2.24) is 0 Å². The molecule has 4 rings (SSSR count). The molecule has 0 fully saturated rings. The van der Waals surface area contributed by atoms with Crippen LogP contribution >= 0.6 is 57.1 Å². The summed E-state index contributed by atoms with van der Waals surface area (Å²) in [6, 6.07) is 5.62. The molecule has 10 heteroatoms. The molecule has 3 aromatic rings. The van der Waals surface area contributed by atoms with Crippen molar-refractivity contribution in [3.05, 3.63) is 54.5 Å². The van der Waals surface area contributed by atoms with E-state index in [2.05, 4.69) is 22.6 Å². The molecule has 0 amide bonds. The van der Waals surface area contributed by atoms with Gasteiger partial charge in [0.2, 0.25) is 6.54 Å². The third-order valence-corrected chi connectivity index (χ3v) is 7.32. The zero-order valence-electron chi connectivity index (χ0n) is 16.2. The maximum atomic E-state index is 11.4. The lowest BCUT2D eigenvalue weighted by molar-refractivity contribution is -0.666. The summed E-state index contributed by atoms with van der Waals surface area (Å²) in [5.74, 6) is 0.509. The minimum atomic E-state index is -0.922. The lowest BCUT2D eigenvalue weighted by Gasteiger charge is -2.18. The predicted molar refractivity (Wildman–Crippen MR) is 130 cm³/mol. The van der Waals surface area contributed by atoms with Gasteiger partial charge in [0.05, 0.1) is 30.4 Å². The van der Waals surface area contributed by atoms with Crippen LogP contribution in [0.1, 0.15) is 12.8 Å². The van der Waals surface area contributed by atoms with Crippen LogP contribution in [-0.2, 0) is 11.3 Å². The molecule has 0 saturated carbocycles. The third kappa shape index (κ3) is 3.81. The molecule has 3 heterocycles. The highest BCUT2D eigenvalue weighted by Crippen LogP contribution is 2.44. The smallest absolute Gasteiger partial charge is 0.375 e. The summed E-state index contributed by atoms with van der Waals surface area (Å²) < 4.78 is 8.66. The largest absolute Gasteiger partial charge is 0.477 e. The number of aromatic nitrogens is 1. The van der Waals surface area contributed by atoms with E-state index in [1.165, 1.54) is 11.3 Å². The normalized spacial score (nSPS) is 14.1. The quantitative estimate of drug-likeness (QED) is 0.323. The van der Waals surface area contributed by atoms with Crippen molar-refractivity contribution in [2.75, 3.05) is 23.9 Å². The molecule has 1 N–H and O–H groups in total. The van der Waals surface area contributed by atoms with Crippen molar-refractivity contribution in [1.29, 1.82) is 0 Å². The Kier molecular flexibility index (Phi) is 5.78. The molecular formula is C20H17Cl2IN3O3S+. The van der Waals surface area contributed by atoms with Crippen molar-refractivity contribution in [3.8, 4) is 0 Å². The number of aliphatic carboxylic acids is 1. The van der Waals surface area contributed by atoms with Crippen molar-refractivity contribution in [2.45, 2.75) is 13.5 Å². The number of nitrogens with zero attached hydrogens (tertiary/aromatic N) is 3. The van der Waals surface area contributed by atoms with Gasteiger partial charge in [-0.15, -0.1) is 4.57 Å². The first-order valence-electron chi connectivity index (χ1n) is 8.85. The Balaban J connectivity index is 1.73. The minimum Gasteiger partial charge on any atom is -0.477 e. The Morgan fingerprint density at radius 1 is 1.23 bits per heavy atom. The molecule has 30 heavy (non-hydrogen) atoms. The maximum absolute atomic E-state index is 11.4. The van der Waals surface area contributed by atoms with Crippen molar-refractivity contribution >= 4 is 91.0 Å². The fourth-order valence-electron chi connectivity index (χ4n) is 3.44. The Morgan fingerprint density at radius 2 is 1.83 bits per heavy atom. The molecule has 0 saturated heterocycles. The van der Waals surface area contributed by atoms with Crippen LogP contribution in [0.3, 0.4) is 0 Å². The van der Waals surface area contributed by atoms with E-state index in [0.717, 1.165) is 31.2 Å². The number of benzene rings is 1. The van der Waals surface area contributed by atoms with Crippen molar-refractivity contribution in [2.24, 2.45) is 0 Å². The number of halogens is 3. The van der Waals surface area contributed by atoms with Gasteiger partial charge in [-0.05, 0) is 53.3 Å². The fourth-order valence-corrected chi connectivity index (χ4v) is 5.40. The number of thiophene rings is 1. The summed E-state index contributed by atoms with van der Waals surface area (Å²) in [4.78, 5) is 16.1. The highest BCUT2D eigenvalue weighted by atomic mass is 127. The molecule has 0 atom stereocenters. The molecule has 1 aliphatic rings. The number of carboxylic acid groups (broad SMARTS) is 1. The molecule has 6 nitrogen and oxygen atoms in total. The van der Waals surface area contributed by atoms with Gasteiger partial charge in [0, 0.05) is 20.2 Å². The number of hydrogen-bond donors (Lipinski definition) is 1. The second kappa shape index (κ2) is 8.07. The van der Waals surface area contributed by atoms with Crippen LogP contribution in [0.25, 0.3) is 16.5 Å². The molecule has 0 radical (unpaired) electrons. The summed E-state index contributed by atoms with van der Waals surface area (Å²) in [7, 11) is 3.92. The Morgan fingerprint density at radius 3 is 2.40 bits per heavy atom. The van der Waals surface area contributed by atoms with Gasteiger partial charge in [0.15, 0.2) is 0 Å². The molecule has 0 spiro atoms. The Labute approximate surface area is 200 Å². The monoisotopic (exact) mass is 576 g/mol. The van der Waals surface area contributed by atoms with E-state index in [0.29, 0.717) is 20.8 Å². The molecule has 2 aromatic heterocycles. The van der Waals surface area contributed by atoms with Crippen LogP contribution in [0.5, 0.6) is 0 Å². The molecule has 1 aromatic carbocycles. The number of fused-ring (bicyclic) bond motifs is 2. The van der Waals surface area contributed by atoms with Crippen LogP contribution in [0.2, 0.25) is 10.0 Å². The van der Waals surface area contributed by atoms with E-state index in [1.54, 1.807) is 4.57 Å². The van der Waals surface area contributed by atoms with Gasteiger partial charge in [-0.3, -0.25) is 0 Å². The van der Waals surface area contributed by atoms with Gasteiger partial charge in [0.25, 0.3) is 10.4 Å². The first-order chi connectivity index (χ1) is 14.2. The number of anilines is 2. The third-order valence-electron chi connectivity index (χ3n) is 4.83. The predicted octanol–water partition coefficient (Wildman–Crippen LogP) is 5.61. The summed E-state index contributed by atoms with van der Waals surface area (Å²) >= 11 is 16.1. The van der Waals surface area contributed by atoms with Crippen molar-refractivity contribution in [3.63, 3.8) is 0 Å². The number of carbonyl (C=O) groups is 1. The fraction of sp³-hybridized carbons (Fsp3) is 0.200. The van der Waals surface area contributed by atoms with Gasteiger partial charge < -0.3 is 19.3 Å². The second-order valence-electron chi connectivity index (χ2n) is 6.91. The van der Waals surface area contributed by atoms with E-state index >= 15 is 0 Å². The lowest BCUT2D eigenvalue weighted by atomic mass is 10.2. The molecule has 0 unspecified atom stereocenters. The summed E-state index contributed by atoms with van der Waals surface area (Å²) in [6.07, 6.45) is 3.85. The van der Waals surface area contributed by atoms with Gasteiger partial charge >= 0.3 is 11.9 Å². The van der Waals surface area contributed by atoms with E-state index in [-0.39, 0.29) is 6.54 Å². The molecular weight excluding hydrogens is 560 g/mol. The van der Waals surface area contributed by atoms with Gasteiger partial charge in [-0.25, -0.2) is 4.79 Å². The van der Waals surface area contributed by atoms with Crippen LogP contribution in [0.15, 0.2) is 40.1 Å². The van der Waals surface area contributed by atoms with Gasteiger partial charge in [0.1, 0.15) is 5.82 Å². The molecule has 1 aliphatic heterocycles. The number of carboxylic acids is 1. The van der Waals surface area contributed by atoms with E-state index in [9.17, 15) is 9.90 Å². The zero-order chi connectivity index (χ0) is 21.7. The van der Waals surface area contributed by atoms with Crippen LogP contribution < -0.4 is 14.4 Å².